The van der Waals surface area contributed by atoms with Crippen molar-refractivity contribution in [1.82, 2.24) is 15.2 Å². The number of hydrogen-bond donors (Lipinski definition) is 2. The van der Waals surface area contributed by atoms with Crippen LogP contribution in [-0.2, 0) is 16.1 Å². The number of hydrogen-bond acceptors (Lipinski definition) is 2. The van der Waals surface area contributed by atoms with Crippen LogP contribution in [0.1, 0.15) is 51.0 Å². The molecule has 1 aliphatic heterocycles. The van der Waals surface area contributed by atoms with Crippen LogP contribution in [0.25, 0.3) is 10.9 Å². The number of H-pyrrole nitrogens is 1. The zero-order valence-corrected chi connectivity index (χ0v) is 16.5. The number of rotatable bonds is 5. The number of amides is 2. The summed E-state index contributed by atoms with van der Waals surface area (Å²) in [5, 5.41) is 4.40. The third kappa shape index (κ3) is 3.01. The van der Waals surface area contributed by atoms with Gasteiger partial charge in [0, 0.05) is 36.1 Å². The van der Waals surface area contributed by atoms with Gasteiger partial charge in [0.15, 0.2) is 0 Å². The summed E-state index contributed by atoms with van der Waals surface area (Å²) < 4.78 is 0. The van der Waals surface area contributed by atoms with E-state index in [1.807, 2.05) is 24.4 Å². The summed E-state index contributed by atoms with van der Waals surface area (Å²) in [5.74, 6) is 2.38. The Morgan fingerprint density at radius 1 is 1.25 bits per heavy atom. The minimum absolute atomic E-state index is 0.0287. The Labute approximate surface area is 165 Å². The molecule has 2 saturated carbocycles. The van der Waals surface area contributed by atoms with E-state index in [1.165, 1.54) is 25.7 Å². The van der Waals surface area contributed by atoms with Crippen molar-refractivity contribution < 1.29 is 9.59 Å². The van der Waals surface area contributed by atoms with Crippen molar-refractivity contribution in [2.75, 3.05) is 0 Å². The highest BCUT2D eigenvalue weighted by atomic mass is 16.2. The molecule has 2 amide bonds. The summed E-state index contributed by atoms with van der Waals surface area (Å²) in [6, 6.07) is 7.96. The first-order valence-corrected chi connectivity index (χ1v) is 10.7. The van der Waals surface area contributed by atoms with Gasteiger partial charge in [-0.25, -0.2) is 0 Å². The first kappa shape index (κ1) is 17.8. The zero-order chi connectivity index (χ0) is 19.3. The smallest absolute Gasteiger partial charge is 0.243 e. The molecule has 1 aromatic heterocycles. The lowest BCUT2D eigenvalue weighted by Gasteiger charge is -2.31. The minimum atomic E-state index is -0.345. The second kappa shape index (κ2) is 6.94. The van der Waals surface area contributed by atoms with Gasteiger partial charge in [0.2, 0.25) is 11.8 Å². The molecule has 2 aromatic rings. The van der Waals surface area contributed by atoms with E-state index in [0.717, 1.165) is 28.3 Å². The molecule has 5 atom stereocenters. The van der Waals surface area contributed by atoms with Crippen molar-refractivity contribution in [2.24, 2.45) is 17.8 Å². The predicted molar refractivity (Wildman–Crippen MR) is 108 cm³/mol. The quantitative estimate of drug-likeness (QED) is 0.834. The van der Waals surface area contributed by atoms with Crippen LogP contribution in [-0.4, -0.2) is 33.8 Å². The van der Waals surface area contributed by atoms with Crippen LogP contribution >= 0.6 is 0 Å². The first-order chi connectivity index (χ1) is 13.6. The van der Waals surface area contributed by atoms with E-state index < -0.39 is 0 Å². The molecule has 5 heteroatoms. The maximum atomic E-state index is 13.1. The third-order valence-electron chi connectivity index (χ3n) is 7.45. The summed E-state index contributed by atoms with van der Waals surface area (Å²) in [7, 11) is 0. The topological polar surface area (TPSA) is 65.2 Å². The lowest BCUT2D eigenvalue weighted by atomic mass is 9.84. The van der Waals surface area contributed by atoms with E-state index in [0.29, 0.717) is 25.3 Å². The van der Waals surface area contributed by atoms with Crippen molar-refractivity contribution in [2.45, 2.75) is 64.1 Å². The molecule has 5 nitrogen and oxygen atoms in total. The number of likely N-dealkylation sites (tertiary alicyclic amines) is 1. The van der Waals surface area contributed by atoms with E-state index >= 15 is 0 Å². The molecule has 0 radical (unpaired) electrons. The second-order valence-corrected chi connectivity index (χ2v) is 9.07. The van der Waals surface area contributed by atoms with Gasteiger partial charge in [0.25, 0.3) is 0 Å². The fraction of sp³-hybridized carbons (Fsp3) is 0.565. The highest BCUT2D eigenvalue weighted by Crippen LogP contribution is 2.49. The SMILES string of the molecule is CC(NC(=O)C1CCC(=O)N1Cc1c[nH]c2ccccc12)C1CC2CCC1C2. The van der Waals surface area contributed by atoms with Crippen LogP contribution in [0.4, 0.5) is 0 Å². The third-order valence-corrected chi connectivity index (χ3v) is 7.45. The molecule has 148 valence electrons. The molecular weight excluding hydrogens is 350 g/mol. The van der Waals surface area contributed by atoms with Crippen molar-refractivity contribution in [3.05, 3.63) is 36.0 Å². The van der Waals surface area contributed by atoms with Gasteiger partial charge in [-0.2, -0.15) is 0 Å². The standard InChI is InChI=1S/C23H29N3O2/c1-14(19-11-15-6-7-16(19)10-15)25-23(28)21-8-9-22(27)26(21)13-17-12-24-20-5-3-2-4-18(17)20/h2-5,12,14-16,19,21,24H,6-11,13H2,1H3,(H,25,28). The van der Waals surface area contributed by atoms with Gasteiger partial charge in [0.05, 0.1) is 0 Å². The van der Waals surface area contributed by atoms with Gasteiger partial charge >= 0.3 is 0 Å². The first-order valence-electron chi connectivity index (χ1n) is 10.7. The van der Waals surface area contributed by atoms with Gasteiger partial charge in [0.1, 0.15) is 6.04 Å². The Bertz CT molecular complexity index is 904. The van der Waals surface area contributed by atoms with Crippen molar-refractivity contribution >= 4 is 22.7 Å². The summed E-state index contributed by atoms with van der Waals surface area (Å²) in [4.78, 5) is 30.6. The number of nitrogens with zero attached hydrogens (tertiary/aromatic N) is 1. The number of para-hydroxylation sites is 1. The molecule has 2 N–H and O–H groups in total. The molecule has 1 saturated heterocycles. The molecule has 5 unspecified atom stereocenters. The van der Waals surface area contributed by atoms with E-state index in [4.69, 9.17) is 0 Å². The van der Waals surface area contributed by atoms with E-state index in [1.54, 1.807) is 4.90 Å². The number of carbonyl (C=O) groups excluding carboxylic acids is 2. The van der Waals surface area contributed by atoms with E-state index in [-0.39, 0.29) is 23.9 Å². The molecule has 5 rings (SSSR count). The average molecular weight is 380 g/mol. The Morgan fingerprint density at radius 3 is 2.89 bits per heavy atom. The zero-order valence-electron chi connectivity index (χ0n) is 16.5. The van der Waals surface area contributed by atoms with Crippen LogP contribution in [0, 0.1) is 17.8 Å². The Balaban J connectivity index is 1.28. The van der Waals surface area contributed by atoms with Crippen LogP contribution in [0.3, 0.4) is 0 Å². The van der Waals surface area contributed by atoms with Crippen LogP contribution in [0.5, 0.6) is 0 Å². The second-order valence-electron chi connectivity index (χ2n) is 9.07. The van der Waals surface area contributed by atoms with Crippen LogP contribution in [0.15, 0.2) is 30.5 Å². The summed E-state index contributed by atoms with van der Waals surface area (Å²) in [6.45, 7) is 2.65. The highest BCUT2D eigenvalue weighted by molar-refractivity contribution is 5.91. The molecule has 1 aromatic carbocycles. The fourth-order valence-corrected chi connectivity index (χ4v) is 5.98. The number of nitrogens with one attached hydrogen (secondary N) is 2. The maximum Gasteiger partial charge on any atom is 0.243 e. The predicted octanol–water partition coefficient (Wildman–Crippen LogP) is 3.60. The lowest BCUT2D eigenvalue weighted by molar-refractivity contribution is -0.136. The summed E-state index contributed by atoms with van der Waals surface area (Å²) in [6.07, 6.45) is 8.35. The minimum Gasteiger partial charge on any atom is -0.361 e. The number of carbonyl (C=O) groups is 2. The molecule has 28 heavy (non-hydrogen) atoms. The number of aromatic amines is 1. The number of benzene rings is 1. The van der Waals surface area contributed by atoms with Crippen molar-refractivity contribution in [3.8, 4) is 0 Å². The van der Waals surface area contributed by atoms with Gasteiger partial charge in [-0.05, 0) is 62.0 Å². The molecule has 3 fully saturated rings. The van der Waals surface area contributed by atoms with Crippen molar-refractivity contribution in [3.63, 3.8) is 0 Å². The van der Waals surface area contributed by atoms with Gasteiger partial charge in [-0.3, -0.25) is 9.59 Å². The molecule has 2 heterocycles. The Hall–Kier alpha value is -2.30. The van der Waals surface area contributed by atoms with E-state index in [2.05, 4.69) is 23.3 Å². The van der Waals surface area contributed by atoms with Gasteiger partial charge in [-0.15, -0.1) is 0 Å². The monoisotopic (exact) mass is 379 g/mol. The lowest BCUT2D eigenvalue weighted by Crippen LogP contribution is -2.49. The summed E-state index contributed by atoms with van der Waals surface area (Å²) in [5.41, 5.74) is 2.14. The molecule has 2 aliphatic carbocycles. The number of fused-ring (bicyclic) bond motifs is 3. The average Bonchev–Trinajstić information content (AvgIpc) is 3.47. The van der Waals surface area contributed by atoms with Gasteiger partial charge in [-0.1, -0.05) is 24.6 Å². The Morgan fingerprint density at radius 2 is 2.11 bits per heavy atom. The fourth-order valence-electron chi connectivity index (χ4n) is 5.98. The van der Waals surface area contributed by atoms with Crippen LogP contribution in [0.2, 0.25) is 0 Å². The number of aromatic nitrogens is 1. The normalized spacial score (nSPS) is 30.3. The van der Waals surface area contributed by atoms with E-state index in [9.17, 15) is 9.59 Å². The van der Waals surface area contributed by atoms with Gasteiger partial charge < -0.3 is 15.2 Å². The molecule has 3 aliphatic rings. The van der Waals surface area contributed by atoms with Crippen LogP contribution < -0.4 is 5.32 Å². The largest absolute Gasteiger partial charge is 0.361 e. The molecule has 2 bridgehead atoms. The maximum absolute atomic E-state index is 13.1. The summed E-state index contributed by atoms with van der Waals surface area (Å²) >= 11 is 0. The van der Waals surface area contributed by atoms with Crippen molar-refractivity contribution in [1.29, 1.82) is 0 Å². The highest BCUT2D eigenvalue weighted by Gasteiger charge is 2.43. The molecule has 0 spiro atoms. The Kier molecular flexibility index (Phi) is 4.41. The molecular formula is C23H29N3O2.